The van der Waals surface area contributed by atoms with E-state index in [0.717, 1.165) is 199 Å². The number of carbonyl (C=O) groups excluding carboxylic acids is 4. The summed E-state index contributed by atoms with van der Waals surface area (Å²) in [6.45, 7) is 4.45. The van der Waals surface area contributed by atoms with Gasteiger partial charge >= 0.3 is 39.5 Å². The first-order valence-corrected chi connectivity index (χ1v) is 44.7. The quantitative estimate of drug-likeness (QED) is 0.0169. The van der Waals surface area contributed by atoms with Gasteiger partial charge in [0.15, 0.2) is 12.2 Å². The van der Waals surface area contributed by atoms with Crippen molar-refractivity contribution in [3.63, 3.8) is 0 Å². The summed E-state index contributed by atoms with van der Waals surface area (Å²) in [4.78, 5) is 73.2. The third-order valence-electron chi connectivity index (χ3n) is 17.0. The van der Waals surface area contributed by atoms with Crippen LogP contribution < -0.4 is 0 Å². The predicted molar refractivity (Wildman–Crippen MR) is 445 cm³/mol. The molecule has 19 heteroatoms. The fraction of sp³-hybridized carbons (Fsp3) is 0.663. The van der Waals surface area contributed by atoms with E-state index in [0.29, 0.717) is 32.1 Å². The molecular formula is C89H148O17P2. The number of aliphatic hydroxyl groups is 1. The second-order valence-electron chi connectivity index (χ2n) is 27.3. The van der Waals surface area contributed by atoms with E-state index < -0.39 is 97.5 Å². The minimum atomic E-state index is -5.01. The van der Waals surface area contributed by atoms with Crippen molar-refractivity contribution in [3.8, 4) is 0 Å². The summed E-state index contributed by atoms with van der Waals surface area (Å²) in [5, 5.41) is 10.7. The number of ether oxygens (including phenoxy) is 4. The van der Waals surface area contributed by atoms with Gasteiger partial charge in [0.2, 0.25) is 0 Å². The van der Waals surface area contributed by atoms with Crippen LogP contribution in [0.1, 0.15) is 323 Å². The van der Waals surface area contributed by atoms with Crippen LogP contribution in [0.3, 0.4) is 0 Å². The molecule has 0 aliphatic heterocycles. The first-order valence-electron chi connectivity index (χ1n) is 41.7. The van der Waals surface area contributed by atoms with Gasteiger partial charge < -0.3 is 33.8 Å². The molecule has 0 aromatic carbocycles. The van der Waals surface area contributed by atoms with Gasteiger partial charge in [0.25, 0.3) is 0 Å². The number of unbranched alkanes of at least 4 members (excludes halogenated alkanes) is 25. The molecule has 0 amide bonds. The first kappa shape index (κ1) is 103. The molecule has 616 valence electrons. The van der Waals surface area contributed by atoms with Gasteiger partial charge in [-0.15, -0.1) is 0 Å². The molecular weight excluding hydrogens is 1400 g/mol. The molecule has 5 unspecified atom stereocenters. The second kappa shape index (κ2) is 79.8. The molecule has 0 saturated heterocycles. The monoisotopic (exact) mass is 1550 g/mol. The molecule has 108 heavy (non-hydrogen) atoms. The molecule has 0 saturated carbocycles. The summed E-state index contributed by atoms with van der Waals surface area (Å²) in [5.74, 6) is -2.28. The molecule has 0 heterocycles. The zero-order valence-electron chi connectivity index (χ0n) is 67.5. The summed E-state index contributed by atoms with van der Waals surface area (Å²) in [5.41, 5.74) is 0. The van der Waals surface area contributed by atoms with E-state index in [-0.39, 0.29) is 25.7 Å². The second-order valence-corrected chi connectivity index (χ2v) is 30.2. The number of hydrogen-bond donors (Lipinski definition) is 3. The topological polar surface area (TPSA) is 237 Å². The average molecular weight is 1550 g/mol. The zero-order chi connectivity index (χ0) is 78.9. The predicted octanol–water partition coefficient (Wildman–Crippen LogP) is 24.8. The SMILES string of the molecule is CC/C=C\C/C=C\C/C=C\C/C=C\C/C=C\CCCC(=O)OC(COC(=O)CCCCCCCC/C=C\C/C=C\C/C=C\C/C=C\CC)COP(=O)(O)OCC(O)COP(=O)(O)OCC(COC(=O)CCCCCCCCC/C=C\C/C=C\C/C=C\CC)OC(=O)CCCCCCC/C=C\CCCCCCCC. The van der Waals surface area contributed by atoms with E-state index in [9.17, 15) is 43.2 Å². The lowest BCUT2D eigenvalue weighted by molar-refractivity contribution is -0.161. The minimum absolute atomic E-state index is 0.00819. The standard InChI is InChI=1S/C89H148O17P2/c1-5-9-13-17-21-25-29-33-37-40-41-44-47-50-54-58-62-66-70-74-87(92)100-80-85(106-89(94)76-72-68-64-60-56-52-48-43-39-35-31-27-23-19-15-11-7-3)82-104-108(97,98)102-78-83(90)77-101-107(95,96)103-81-84(105-88(93)75-71-67-63-59-55-51-45-36-32-28-24-20-16-12-8-4)79-99-86(91)73-69-65-61-57-53-49-46-42-38-34-30-26-22-18-14-10-6-2/h9-11,13-15,21-23,25-27,33-39,41,44-45,48,52,60,64,83-85,90H,5-8,12,16-20,24,28-32,40,42-43,46-47,49-51,53-59,61-63,65-82H2,1-4H3,(H,95,96)(H,97,98)/b13-9-,14-10-,15-11-,25-21-,26-22-,27-23-,37-33-,38-34-,39-35-,44-41-,45-36-,52-48-,64-60-. The normalized spacial score (nSPS) is 14.6. The number of hydrogen-bond acceptors (Lipinski definition) is 15. The molecule has 0 aliphatic rings. The number of rotatable bonds is 77. The Hall–Kier alpha value is -5.32. The molecule has 0 spiro atoms. The summed E-state index contributed by atoms with van der Waals surface area (Å²) in [7, 11) is -10.0. The molecule has 0 aliphatic carbocycles. The highest BCUT2D eigenvalue weighted by atomic mass is 31.2. The molecule has 0 aromatic rings. The van der Waals surface area contributed by atoms with Crippen LogP contribution in [-0.2, 0) is 65.4 Å². The summed E-state index contributed by atoms with van der Waals surface area (Å²) < 4.78 is 68.7. The molecule has 0 radical (unpaired) electrons. The van der Waals surface area contributed by atoms with Crippen LogP contribution in [0.25, 0.3) is 0 Å². The fourth-order valence-electron chi connectivity index (χ4n) is 10.7. The van der Waals surface area contributed by atoms with E-state index >= 15 is 0 Å². The van der Waals surface area contributed by atoms with Crippen LogP contribution in [0.15, 0.2) is 158 Å². The van der Waals surface area contributed by atoms with Crippen molar-refractivity contribution in [2.24, 2.45) is 0 Å². The Labute approximate surface area is 655 Å². The van der Waals surface area contributed by atoms with E-state index in [2.05, 4.69) is 174 Å². The van der Waals surface area contributed by atoms with E-state index in [1.165, 1.54) is 38.5 Å². The lowest BCUT2D eigenvalue weighted by Crippen LogP contribution is -2.30. The lowest BCUT2D eigenvalue weighted by atomic mass is 10.1. The number of carbonyl (C=O) groups is 4. The average Bonchev–Trinajstić information content (AvgIpc) is 0.900. The van der Waals surface area contributed by atoms with Gasteiger partial charge in [-0.2, -0.15) is 0 Å². The molecule has 3 N–H and O–H groups in total. The fourth-order valence-corrected chi connectivity index (χ4v) is 12.3. The number of phosphoric acid groups is 2. The minimum Gasteiger partial charge on any atom is -0.462 e. The Balaban J connectivity index is 5.45. The van der Waals surface area contributed by atoms with Gasteiger partial charge in [-0.1, -0.05) is 295 Å². The third kappa shape index (κ3) is 78.8. The van der Waals surface area contributed by atoms with Crippen LogP contribution >= 0.6 is 15.6 Å². The number of aliphatic hydroxyl groups excluding tert-OH is 1. The maximum atomic E-state index is 13.1. The number of allylic oxidation sites excluding steroid dienone is 26. The number of phosphoric ester groups is 2. The van der Waals surface area contributed by atoms with Crippen LogP contribution in [0.5, 0.6) is 0 Å². The van der Waals surface area contributed by atoms with E-state index in [1.807, 2.05) is 12.2 Å². The first-order chi connectivity index (χ1) is 52.7. The Morgan fingerprint density at radius 3 is 0.787 bits per heavy atom. The Morgan fingerprint density at radius 2 is 0.491 bits per heavy atom. The van der Waals surface area contributed by atoms with Crippen LogP contribution in [0.2, 0.25) is 0 Å². The van der Waals surface area contributed by atoms with Crippen molar-refractivity contribution in [1.29, 1.82) is 0 Å². The van der Waals surface area contributed by atoms with Crippen molar-refractivity contribution in [3.05, 3.63) is 158 Å². The van der Waals surface area contributed by atoms with Gasteiger partial charge in [-0.05, 0) is 161 Å². The molecule has 17 nitrogen and oxygen atoms in total. The van der Waals surface area contributed by atoms with Crippen molar-refractivity contribution in [2.45, 2.75) is 341 Å². The lowest BCUT2D eigenvalue weighted by Gasteiger charge is -2.21. The molecule has 0 bridgehead atoms. The zero-order valence-corrected chi connectivity index (χ0v) is 69.3. The molecule has 5 atom stereocenters. The Morgan fingerprint density at radius 1 is 0.269 bits per heavy atom. The van der Waals surface area contributed by atoms with Crippen LogP contribution in [0, 0.1) is 0 Å². The molecule has 0 rings (SSSR count). The highest BCUT2D eigenvalue weighted by molar-refractivity contribution is 7.47. The van der Waals surface area contributed by atoms with Crippen molar-refractivity contribution >= 4 is 39.5 Å². The van der Waals surface area contributed by atoms with E-state index in [1.54, 1.807) is 0 Å². The van der Waals surface area contributed by atoms with Gasteiger partial charge in [0.05, 0.1) is 26.4 Å². The van der Waals surface area contributed by atoms with Crippen molar-refractivity contribution in [2.75, 3.05) is 39.6 Å². The molecule has 0 fully saturated rings. The van der Waals surface area contributed by atoms with Crippen LogP contribution in [-0.4, -0.2) is 96.7 Å². The largest absolute Gasteiger partial charge is 0.472 e. The van der Waals surface area contributed by atoms with Gasteiger partial charge in [0.1, 0.15) is 19.3 Å². The van der Waals surface area contributed by atoms with Gasteiger partial charge in [-0.3, -0.25) is 37.3 Å². The van der Waals surface area contributed by atoms with E-state index in [4.69, 9.17) is 37.0 Å². The van der Waals surface area contributed by atoms with Crippen LogP contribution in [0.4, 0.5) is 0 Å². The summed E-state index contributed by atoms with van der Waals surface area (Å²) >= 11 is 0. The number of esters is 4. The Bertz CT molecular complexity index is 2660. The smallest absolute Gasteiger partial charge is 0.462 e. The summed E-state index contributed by atoms with van der Waals surface area (Å²) in [6.07, 6.45) is 93.6. The maximum Gasteiger partial charge on any atom is 0.472 e. The maximum absolute atomic E-state index is 13.1. The summed E-state index contributed by atoms with van der Waals surface area (Å²) in [6, 6.07) is 0. The van der Waals surface area contributed by atoms with Crippen molar-refractivity contribution < 1.29 is 80.2 Å². The molecule has 0 aromatic heterocycles. The highest BCUT2D eigenvalue weighted by Gasteiger charge is 2.30. The highest BCUT2D eigenvalue weighted by Crippen LogP contribution is 2.45. The van der Waals surface area contributed by atoms with Gasteiger partial charge in [-0.25, -0.2) is 9.13 Å². The van der Waals surface area contributed by atoms with Crippen molar-refractivity contribution in [1.82, 2.24) is 0 Å². The third-order valence-corrected chi connectivity index (χ3v) is 18.9. The van der Waals surface area contributed by atoms with Gasteiger partial charge in [0, 0.05) is 25.7 Å². The Kier molecular flexibility index (Phi) is 75.8.